The van der Waals surface area contributed by atoms with Gasteiger partial charge >= 0.3 is 5.97 Å². The van der Waals surface area contributed by atoms with Crippen LogP contribution in [0.25, 0.3) is 0 Å². The maximum absolute atomic E-state index is 11.6. The van der Waals surface area contributed by atoms with E-state index in [4.69, 9.17) is 14.2 Å². The van der Waals surface area contributed by atoms with E-state index in [-0.39, 0.29) is 18.7 Å². The minimum atomic E-state index is -0.580. The van der Waals surface area contributed by atoms with Crippen molar-refractivity contribution in [3.63, 3.8) is 0 Å². The molecule has 0 N–H and O–H groups in total. The molecular formula is C13H16O4. The molecule has 0 bridgehead atoms. The van der Waals surface area contributed by atoms with Crippen molar-refractivity contribution < 1.29 is 19.0 Å². The van der Waals surface area contributed by atoms with Crippen LogP contribution in [0.1, 0.15) is 24.2 Å². The highest BCUT2D eigenvalue weighted by Gasteiger charge is 2.33. The number of esters is 1. The number of hydrogen-bond donors (Lipinski definition) is 0. The van der Waals surface area contributed by atoms with Crippen molar-refractivity contribution in [1.29, 1.82) is 0 Å². The van der Waals surface area contributed by atoms with Crippen LogP contribution in [0, 0.1) is 0 Å². The van der Waals surface area contributed by atoms with Crippen molar-refractivity contribution in [1.82, 2.24) is 0 Å². The highest BCUT2D eigenvalue weighted by molar-refractivity contribution is 5.89. The molecule has 0 unspecified atom stereocenters. The molecule has 0 spiro atoms. The van der Waals surface area contributed by atoms with Crippen LogP contribution in [0.2, 0.25) is 0 Å². The summed E-state index contributed by atoms with van der Waals surface area (Å²) in [5.41, 5.74) is 0.547. The van der Waals surface area contributed by atoms with Crippen LogP contribution < -0.4 is 0 Å². The molecule has 0 amide bonds. The average molecular weight is 240 g/mol. The zero-order chi connectivity index (χ0) is 12.3. The molecule has 17 heavy (non-hydrogen) atoms. The SMILES string of the molecule is CC1(C)OC[C@@H](C[18O]C(=[18O])c2ccccc2)O1. The van der Waals surface area contributed by atoms with E-state index in [1.807, 2.05) is 19.9 Å². The molecule has 4 nitrogen and oxygen atoms in total. The van der Waals surface area contributed by atoms with Gasteiger partial charge in [-0.25, -0.2) is 4.79 Å². The fourth-order valence-electron chi connectivity index (χ4n) is 1.67. The Balaban J connectivity index is 1.82. The van der Waals surface area contributed by atoms with Gasteiger partial charge in [0.1, 0.15) is 12.7 Å². The maximum Gasteiger partial charge on any atom is 0.338 e. The molecule has 2 rings (SSSR count). The molecule has 0 radical (unpaired) electrons. The van der Waals surface area contributed by atoms with Gasteiger partial charge in [-0.2, -0.15) is 0 Å². The summed E-state index contributed by atoms with van der Waals surface area (Å²) in [6.45, 7) is 4.35. The standard InChI is InChI=1S/C13H16O4/c1-13(2)16-9-11(17-13)8-15-12(14)10-6-4-3-5-7-10/h3-7,11H,8-9H2,1-2H3/t11-/m1/s1/i14+2,15+2. The number of hydrogen-bond acceptors (Lipinski definition) is 4. The van der Waals surface area contributed by atoms with Gasteiger partial charge in [0.05, 0.1) is 12.2 Å². The van der Waals surface area contributed by atoms with Crippen molar-refractivity contribution in [2.24, 2.45) is 0 Å². The number of ether oxygens (including phenoxy) is 3. The Bertz CT molecular complexity index is 386. The molecule has 1 fully saturated rings. The van der Waals surface area contributed by atoms with E-state index in [0.717, 1.165) is 0 Å². The Morgan fingerprint density at radius 1 is 1.41 bits per heavy atom. The van der Waals surface area contributed by atoms with Crippen LogP contribution in [0.4, 0.5) is 0 Å². The van der Waals surface area contributed by atoms with E-state index in [9.17, 15) is 4.79 Å². The van der Waals surface area contributed by atoms with Crippen molar-refractivity contribution in [2.45, 2.75) is 25.7 Å². The normalized spacial score (nSPS) is 22.4. The molecule has 0 aromatic heterocycles. The minimum absolute atomic E-state index is 0.183. The zero-order valence-corrected chi connectivity index (χ0v) is 10.0. The van der Waals surface area contributed by atoms with E-state index >= 15 is 0 Å². The molecule has 1 heterocycles. The van der Waals surface area contributed by atoms with Gasteiger partial charge in [0.2, 0.25) is 0 Å². The Morgan fingerprint density at radius 3 is 2.71 bits per heavy atom. The van der Waals surface area contributed by atoms with Crippen LogP contribution in [-0.4, -0.2) is 31.1 Å². The Hall–Kier alpha value is -1.39. The first-order valence-corrected chi connectivity index (χ1v) is 5.61. The van der Waals surface area contributed by atoms with E-state index in [1.54, 1.807) is 24.3 Å². The fraction of sp³-hybridized carbons (Fsp3) is 0.462. The Kier molecular flexibility index (Phi) is 3.45. The summed E-state index contributed by atoms with van der Waals surface area (Å²) in [6, 6.07) is 8.90. The van der Waals surface area contributed by atoms with E-state index in [2.05, 4.69) is 0 Å². The third-order valence-corrected chi connectivity index (χ3v) is 2.48. The molecule has 1 saturated heterocycles. The number of carbonyl (C=O) groups excluding carboxylic acids is 1. The van der Waals surface area contributed by atoms with Gasteiger partial charge in [0.15, 0.2) is 5.79 Å². The molecule has 1 aromatic carbocycles. The molecule has 1 atom stereocenters. The van der Waals surface area contributed by atoms with Crippen molar-refractivity contribution in [2.75, 3.05) is 13.2 Å². The van der Waals surface area contributed by atoms with E-state index in [1.165, 1.54) is 0 Å². The van der Waals surface area contributed by atoms with Gasteiger partial charge < -0.3 is 14.2 Å². The topological polar surface area (TPSA) is 44.8 Å². The number of carbonyl (C=O) groups is 1. The molecule has 1 aliphatic rings. The second kappa shape index (κ2) is 4.85. The van der Waals surface area contributed by atoms with E-state index < -0.39 is 5.79 Å². The lowest BCUT2D eigenvalue weighted by Crippen LogP contribution is -2.25. The third kappa shape index (κ3) is 3.28. The summed E-state index contributed by atoms with van der Waals surface area (Å²) >= 11 is 0. The number of rotatable bonds is 3. The van der Waals surface area contributed by atoms with Gasteiger partial charge in [0, 0.05) is 0 Å². The van der Waals surface area contributed by atoms with Crippen LogP contribution in [0.5, 0.6) is 0 Å². The summed E-state index contributed by atoms with van der Waals surface area (Å²) in [5.74, 6) is -0.914. The molecule has 1 aromatic rings. The lowest BCUT2D eigenvalue weighted by Gasteiger charge is -2.16. The summed E-state index contributed by atoms with van der Waals surface area (Å²) in [5, 5.41) is 0. The van der Waals surface area contributed by atoms with Crippen molar-refractivity contribution in [3.05, 3.63) is 35.9 Å². The Morgan fingerprint density at radius 2 is 2.12 bits per heavy atom. The second-order valence-corrected chi connectivity index (χ2v) is 4.42. The van der Waals surface area contributed by atoms with Gasteiger partial charge in [0.25, 0.3) is 0 Å². The first-order chi connectivity index (χ1) is 8.07. The highest BCUT2D eigenvalue weighted by Crippen LogP contribution is 2.22. The molecular weight excluding hydrogens is 224 g/mol. The average Bonchev–Trinajstić information content (AvgIpc) is 2.67. The van der Waals surface area contributed by atoms with Gasteiger partial charge in [-0.15, -0.1) is 0 Å². The molecule has 0 saturated carbocycles. The van der Waals surface area contributed by atoms with Crippen LogP contribution in [0.3, 0.4) is 0 Å². The van der Waals surface area contributed by atoms with Crippen LogP contribution in [-0.2, 0) is 14.2 Å². The fourth-order valence-corrected chi connectivity index (χ4v) is 1.67. The quantitative estimate of drug-likeness (QED) is 0.598. The lowest BCUT2D eigenvalue weighted by molar-refractivity contribution is -0.142. The Labute approximate surface area is 100 Å². The molecule has 1 aliphatic heterocycles. The van der Waals surface area contributed by atoms with Crippen molar-refractivity contribution >= 4 is 5.97 Å². The second-order valence-electron chi connectivity index (χ2n) is 4.42. The zero-order valence-electron chi connectivity index (χ0n) is 10.0. The monoisotopic (exact) mass is 240 g/mol. The van der Waals surface area contributed by atoms with Crippen LogP contribution >= 0.6 is 0 Å². The van der Waals surface area contributed by atoms with Gasteiger partial charge in [-0.05, 0) is 26.0 Å². The van der Waals surface area contributed by atoms with E-state index in [0.29, 0.717) is 12.2 Å². The molecule has 0 aliphatic carbocycles. The summed E-state index contributed by atoms with van der Waals surface area (Å²) in [6.07, 6.45) is -0.183. The summed E-state index contributed by atoms with van der Waals surface area (Å²) in [4.78, 5) is 11.6. The first-order valence-electron chi connectivity index (χ1n) is 5.61. The summed E-state index contributed by atoms with van der Waals surface area (Å²) in [7, 11) is 0. The third-order valence-electron chi connectivity index (χ3n) is 2.48. The minimum Gasteiger partial charge on any atom is -0.459 e. The smallest absolute Gasteiger partial charge is 0.338 e. The van der Waals surface area contributed by atoms with Gasteiger partial charge in [-0.3, -0.25) is 0 Å². The molecule has 4 heteroatoms. The van der Waals surface area contributed by atoms with Gasteiger partial charge in [-0.1, -0.05) is 18.2 Å². The largest absolute Gasteiger partial charge is 0.459 e. The highest BCUT2D eigenvalue weighted by atomic mass is 18.4. The predicted molar refractivity (Wildman–Crippen MR) is 61.6 cm³/mol. The first kappa shape index (κ1) is 12.1. The summed E-state index contributed by atoms with van der Waals surface area (Å²) < 4.78 is 16.1. The van der Waals surface area contributed by atoms with Crippen molar-refractivity contribution in [3.8, 4) is 0 Å². The number of benzene rings is 1. The molecule has 92 valence electrons. The van der Waals surface area contributed by atoms with Crippen LogP contribution in [0.15, 0.2) is 30.3 Å². The maximum atomic E-state index is 11.6. The lowest BCUT2D eigenvalue weighted by atomic mass is 10.2. The predicted octanol–water partition coefficient (Wildman–Crippen LogP) is 1.99.